The van der Waals surface area contributed by atoms with E-state index in [2.05, 4.69) is 13.8 Å². The molecule has 3 rings (SSSR count). The zero-order valence-electron chi connectivity index (χ0n) is 15.1. The van der Waals surface area contributed by atoms with Crippen molar-refractivity contribution in [2.24, 2.45) is 29.6 Å². The zero-order valence-corrected chi connectivity index (χ0v) is 16.6. The van der Waals surface area contributed by atoms with E-state index >= 15 is 0 Å². The lowest BCUT2D eigenvalue weighted by Crippen LogP contribution is -2.42. The number of halogens is 2. The predicted octanol–water partition coefficient (Wildman–Crippen LogP) is 5.44. The maximum atomic E-state index is 13.0. The SMILES string of the molecule is CC1CCC(C2CCC(C(=O)C3CCC(C)C(Cl)C3Cl)CC2)CO1. The standard InChI is InChI=1S/C20H32Cl2O2/c1-12-3-10-17(19(22)18(12)21)20(23)15-8-6-14(7-9-15)16-5-4-13(2)24-11-16/h12-19H,3-11H2,1-2H3. The highest BCUT2D eigenvalue weighted by Crippen LogP contribution is 2.42. The molecule has 1 aliphatic heterocycles. The Kier molecular flexibility index (Phi) is 6.54. The maximum absolute atomic E-state index is 13.0. The number of hydrogen-bond acceptors (Lipinski definition) is 2. The Morgan fingerprint density at radius 2 is 1.50 bits per heavy atom. The molecular formula is C20H32Cl2O2. The van der Waals surface area contributed by atoms with Crippen molar-refractivity contribution >= 4 is 29.0 Å². The summed E-state index contributed by atoms with van der Waals surface area (Å²) in [5, 5.41) is -0.249. The van der Waals surface area contributed by atoms with Gasteiger partial charge in [-0.1, -0.05) is 6.92 Å². The molecule has 4 heteroatoms. The minimum atomic E-state index is -0.186. The number of alkyl halides is 2. The number of rotatable bonds is 3. The molecule has 6 atom stereocenters. The number of carbonyl (C=O) groups is 1. The summed E-state index contributed by atoms with van der Waals surface area (Å²) in [5.41, 5.74) is 0. The van der Waals surface area contributed by atoms with E-state index in [-0.39, 0.29) is 22.6 Å². The van der Waals surface area contributed by atoms with Crippen molar-refractivity contribution < 1.29 is 9.53 Å². The summed E-state index contributed by atoms with van der Waals surface area (Å²) in [4.78, 5) is 13.0. The monoisotopic (exact) mass is 374 g/mol. The first-order chi connectivity index (χ1) is 11.5. The predicted molar refractivity (Wildman–Crippen MR) is 99.8 cm³/mol. The molecule has 0 radical (unpaired) electrons. The third-order valence-electron chi connectivity index (χ3n) is 6.91. The molecule has 2 saturated carbocycles. The van der Waals surface area contributed by atoms with Crippen LogP contribution in [0.1, 0.15) is 65.2 Å². The molecule has 3 fully saturated rings. The van der Waals surface area contributed by atoms with Crippen molar-refractivity contribution in [2.45, 2.75) is 82.1 Å². The van der Waals surface area contributed by atoms with Crippen LogP contribution in [0.15, 0.2) is 0 Å². The Bertz CT molecular complexity index is 425. The topological polar surface area (TPSA) is 26.3 Å². The van der Waals surface area contributed by atoms with E-state index in [1.54, 1.807) is 0 Å². The summed E-state index contributed by atoms with van der Waals surface area (Å²) >= 11 is 13.0. The minimum Gasteiger partial charge on any atom is -0.378 e. The smallest absolute Gasteiger partial charge is 0.140 e. The average Bonchev–Trinajstić information content (AvgIpc) is 2.60. The summed E-state index contributed by atoms with van der Waals surface area (Å²) in [6, 6.07) is 0. The van der Waals surface area contributed by atoms with Gasteiger partial charge in [0.25, 0.3) is 0 Å². The molecule has 3 aliphatic rings. The van der Waals surface area contributed by atoms with Gasteiger partial charge in [0, 0.05) is 11.8 Å². The molecule has 0 N–H and O–H groups in total. The van der Waals surface area contributed by atoms with E-state index in [9.17, 15) is 4.79 Å². The van der Waals surface area contributed by atoms with E-state index in [1.165, 1.54) is 25.7 Å². The lowest BCUT2D eigenvalue weighted by atomic mass is 9.69. The largest absolute Gasteiger partial charge is 0.378 e. The van der Waals surface area contributed by atoms with Crippen LogP contribution in [-0.4, -0.2) is 29.2 Å². The van der Waals surface area contributed by atoms with Crippen LogP contribution in [0.25, 0.3) is 0 Å². The molecule has 0 amide bonds. The molecular weight excluding hydrogens is 343 g/mol. The van der Waals surface area contributed by atoms with Gasteiger partial charge in [0.05, 0.1) is 23.5 Å². The van der Waals surface area contributed by atoms with Gasteiger partial charge in [-0.2, -0.15) is 0 Å². The van der Waals surface area contributed by atoms with Crippen molar-refractivity contribution in [3.8, 4) is 0 Å². The first-order valence-electron chi connectivity index (χ1n) is 9.90. The van der Waals surface area contributed by atoms with E-state index in [4.69, 9.17) is 27.9 Å². The molecule has 1 heterocycles. The zero-order chi connectivity index (χ0) is 17.3. The van der Waals surface area contributed by atoms with Crippen molar-refractivity contribution in [3.63, 3.8) is 0 Å². The summed E-state index contributed by atoms with van der Waals surface area (Å²) in [5.74, 6) is 2.47. The van der Waals surface area contributed by atoms with Crippen LogP contribution < -0.4 is 0 Å². The third kappa shape index (κ3) is 4.13. The molecule has 1 saturated heterocycles. The molecule has 2 aliphatic carbocycles. The van der Waals surface area contributed by atoms with Gasteiger partial charge in [-0.15, -0.1) is 23.2 Å². The lowest BCUT2D eigenvalue weighted by molar-refractivity contribution is -0.129. The van der Waals surface area contributed by atoms with Crippen LogP contribution in [-0.2, 0) is 9.53 Å². The van der Waals surface area contributed by atoms with Crippen LogP contribution in [0.4, 0.5) is 0 Å². The highest BCUT2D eigenvalue weighted by Gasteiger charge is 2.42. The Morgan fingerprint density at radius 1 is 0.833 bits per heavy atom. The fraction of sp³-hybridized carbons (Fsp3) is 0.950. The van der Waals surface area contributed by atoms with Crippen LogP contribution in [0.2, 0.25) is 0 Å². The molecule has 0 bridgehead atoms. The van der Waals surface area contributed by atoms with Crippen molar-refractivity contribution in [1.82, 2.24) is 0 Å². The normalized spacial score (nSPS) is 47.3. The maximum Gasteiger partial charge on any atom is 0.140 e. The highest BCUT2D eigenvalue weighted by molar-refractivity contribution is 6.31. The van der Waals surface area contributed by atoms with E-state index in [0.29, 0.717) is 23.7 Å². The molecule has 2 nitrogen and oxygen atoms in total. The van der Waals surface area contributed by atoms with Crippen LogP contribution in [0.3, 0.4) is 0 Å². The van der Waals surface area contributed by atoms with E-state index in [1.807, 2.05) is 0 Å². The summed E-state index contributed by atoms with van der Waals surface area (Å²) in [6.07, 6.45) is 9.30. The van der Waals surface area contributed by atoms with Crippen LogP contribution in [0.5, 0.6) is 0 Å². The van der Waals surface area contributed by atoms with Crippen LogP contribution >= 0.6 is 23.2 Å². The quantitative estimate of drug-likeness (QED) is 0.614. The fourth-order valence-electron chi connectivity index (χ4n) is 5.05. The van der Waals surface area contributed by atoms with Gasteiger partial charge in [-0.05, 0) is 76.0 Å². The molecule has 24 heavy (non-hydrogen) atoms. The summed E-state index contributed by atoms with van der Waals surface area (Å²) in [7, 11) is 0. The number of ketones is 1. The molecule has 0 aromatic rings. The summed E-state index contributed by atoms with van der Waals surface area (Å²) in [6.45, 7) is 5.23. The summed E-state index contributed by atoms with van der Waals surface area (Å²) < 4.78 is 5.85. The second kappa shape index (κ2) is 8.27. The first kappa shape index (κ1) is 19.0. The molecule has 0 aromatic heterocycles. The third-order valence-corrected chi connectivity index (χ3v) is 8.32. The molecule has 0 spiro atoms. The van der Waals surface area contributed by atoms with E-state index < -0.39 is 0 Å². The number of hydrogen-bond donors (Lipinski definition) is 0. The lowest BCUT2D eigenvalue weighted by Gasteiger charge is -2.39. The van der Waals surface area contributed by atoms with E-state index in [0.717, 1.165) is 38.2 Å². The van der Waals surface area contributed by atoms with Crippen molar-refractivity contribution in [3.05, 3.63) is 0 Å². The average molecular weight is 375 g/mol. The van der Waals surface area contributed by atoms with Gasteiger partial charge in [-0.25, -0.2) is 0 Å². The van der Waals surface area contributed by atoms with Gasteiger partial charge in [0.1, 0.15) is 5.78 Å². The van der Waals surface area contributed by atoms with Crippen molar-refractivity contribution in [2.75, 3.05) is 6.61 Å². The van der Waals surface area contributed by atoms with Gasteiger partial charge in [0.2, 0.25) is 0 Å². The van der Waals surface area contributed by atoms with Gasteiger partial charge >= 0.3 is 0 Å². The number of Topliss-reactive ketones (excluding diaryl/α,β-unsaturated/α-hetero) is 1. The Hall–Kier alpha value is 0.210. The number of carbonyl (C=O) groups excluding carboxylic acids is 1. The van der Waals surface area contributed by atoms with Gasteiger partial charge in [0.15, 0.2) is 0 Å². The highest BCUT2D eigenvalue weighted by atomic mass is 35.5. The molecule has 138 valence electrons. The number of ether oxygens (including phenoxy) is 1. The first-order valence-corrected chi connectivity index (χ1v) is 10.8. The fourth-order valence-corrected chi connectivity index (χ4v) is 5.85. The Labute approximate surface area is 157 Å². The van der Waals surface area contributed by atoms with Crippen molar-refractivity contribution in [1.29, 1.82) is 0 Å². The van der Waals surface area contributed by atoms with Gasteiger partial charge in [-0.3, -0.25) is 4.79 Å². The molecule has 0 aromatic carbocycles. The Balaban J connectivity index is 1.50. The molecule has 6 unspecified atom stereocenters. The Morgan fingerprint density at radius 3 is 2.12 bits per heavy atom. The minimum absolute atomic E-state index is 0.0224. The van der Waals surface area contributed by atoms with Gasteiger partial charge < -0.3 is 4.74 Å². The second-order valence-corrected chi connectivity index (χ2v) is 9.55. The van der Waals surface area contributed by atoms with Crippen LogP contribution in [0, 0.1) is 29.6 Å². The second-order valence-electron chi connectivity index (χ2n) is 8.55.